The number of thiophene rings is 1. The van der Waals surface area contributed by atoms with Gasteiger partial charge in [0.2, 0.25) is 5.89 Å². The molecule has 1 unspecified atom stereocenters. The standard InChI is InChI=1S/C21H22N4O2S/c1-15-22-19(27-23-15)18-10-24(9-16-5-3-2-4-6-16)12-21(18)13-25(14-21)20(26)17-7-8-28-11-17/h2-8,11,18H,9-10,12-14H2,1H3. The number of aromatic nitrogens is 2. The van der Waals surface area contributed by atoms with Crippen molar-refractivity contribution in [3.8, 4) is 0 Å². The number of nitrogens with zero attached hydrogens (tertiary/aromatic N) is 4. The quantitative estimate of drug-likeness (QED) is 0.680. The SMILES string of the molecule is Cc1noc(C2CN(Cc3ccccc3)CC23CN(C(=O)c2ccsc2)C3)n1. The van der Waals surface area contributed by atoms with Crippen LogP contribution in [0, 0.1) is 12.3 Å². The number of carbonyl (C=O) groups excluding carboxylic acids is 1. The first-order valence-corrected chi connectivity index (χ1v) is 10.5. The Balaban J connectivity index is 1.36. The average molecular weight is 395 g/mol. The van der Waals surface area contributed by atoms with E-state index in [0.29, 0.717) is 11.7 Å². The van der Waals surface area contributed by atoms with Crippen LogP contribution in [0.1, 0.15) is 33.6 Å². The topological polar surface area (TPSA) is 62.5 Å². The fourth-order valence-electron chi connectivity index (χ4n) is 4.58. The monoisotopic (exact) mass is 394 g/mol. The van der Waals surface area contributed by atoms with E-state index in [1.54, 1.807) is 11.3 Å². The van der Waals surface area contributed by atoms with Crippen molar-refractivity contribution >= 4 is 17.2 Å². The van der Waals surface area contributed by atoms with Crippen molar-refractivity contribution in [1.82, 2.24) is 19.9 Å². The molecule has 2 saturated heterocycles. The summed E-state index contributed by atoms with van der Waals surface area (Å²) in [5.74, 6) is 1.64. The lowest BCUT2D eigenvalue weighted by molar-refractivity contribution is -0.00120. The second-order valence-corrected chi connectivity index (χ2v) is 8.70. The Bertz CT molecular complexity index is 963. The van der Waals surface area contributed by atoms with E-state index in [9.17, 15) is 4.79 Å². The molecule has 2 fully saturated rings. The molecule has 28 heavy (non-hydrogen) atoms. The molecule has 3 aromatic rings. The highest BCUT2D eigenvalue weighted by molar-refractivity contribution is 7.08. The van der Waals surface area contributed by atoms with E-state index in [4.69, 9.17) is 4.52 Å². The number of carbonyl (C=O) groups is 1. The van der Waals surface area contributed by atoms with Gasteiger partial charge < -0.3 is 9.42 Å². The van der Waals surface area contributed by atoms with Gasteiger partial charge in [0.05, 0.1) is 11.5 Å². The summed E-state index contributed by atoms with van der Waals surface area (Å²) in [6, 6.07) is 12.4. The summed E-state index contributed by atoms with van der Waals surface area (Å²) in [5.41, 5.74) is 2.06. The minimum atomic E-state index is -0.0144. The van der Waals surface area contributed by atoms with Gasteiger partial charge in [0.25, 0.3) is 5.91 Å². The number of aryl methyl sites for hydroxylation is 1. The average Bonchev–Trinajstić information content (AvgIpc) is 3.40. The van der Waals surface area contributed by atoms with Crippen molar-refractivity contribution in [2.24, 2.45) is 5.41 Å². The summed E-state index contributed by atoms with van der Waals surface area (Å²) < 4.78 is 5.56. The van der Waals surface area contributed by atoms with Crippen LogP contribution in [0.15, 0.2) is 51.7 Å². The van der Waals surface area contributed by atoms with Crippen molar-refractivity contribution in [3.05, 3.63) is 70.0 Å². The second kappa shape index (κ2) is 6.83. The summed E-state index contributed by atoms with van der Waals surface area (Å²) in [5, 5.41) is 7.87. The van der Waals surface area contributed by atoms with Crippen LogP contribution in [0.5, 0.6) is 0 Å². The summed E-state index contributed by atoms with van der Waals surface area (Å²) >= 11 is 1.56. The van der Waals surface area contributed by atoms with Crippen molar-refractivity contribution in [2.75, 3.05) is 26.2 Å². The van der Waals surface area contributed by atoms with Crippen LogP contribution in [0.25, 0.3) is 0 Å². The van der Waals surface area contributed by atoms with E-state index in [1.807, 2.05) is 34.7 Å². The van der Waals surface area contributed by atoms with E-state index >= 15 is 0 Å². The van der Waals surface area contributed by atoms with Crippen LogP contribution >= 0.6 is 11.3 Å². The van der Waals surface area contributed by atoms with Crippen molar-refractivity contribution in [2.45, 2.75) is 19.4 Å². The van der Waals surface area contributed by atoms with Gasteiger partial charge in [0.15, 0.2) is 5.82 Å². The molecule has 0 aliphatic carbocycles. The van der Waals surface area contributed by atoms with E-state index in [-0.39, 0.29) is 17.2 Å². The lowest BCUT2D eigenvalue weighted by Crippen LogP contribution is -2.61. The first-order valence-electron chi connectivity index (χ1n) is 9.51. The Morgan fingerprint density at radius 2 is 2.07 bits per heavy atom. The highest BCUT2D eigenvalue weighted by atomic mass is 32.1. The molecule has 4 heterocycles. The maximum Gasteiger partial charge on any atom is 0.254 e. The maximum atomic E-state index is 12.7. The molecule has 1 atom stereocenters. The van der Waals surface area contributed by atoms with Gasteiger partial charge in [-0.2, -0.15) is 16.3 Å². The Labute approximate surface area is 167 Å². The number of hydrogen-bond donors (Lipinski definition) is 0. The van der Waals surface area contributed by atoms with E-state index in [2.05, 4.69) is 39.3 Å². The summed E-state index contributed by atoms with van der Waals surface area (Å²) in [4.78, 5) is 21.6. The van der Waals surface area contributed by atoms with Crippen molar-refractivity contribution < 1.29 is 9.32 Å². The molecular weight excluding hydrogens is 372 g/mol. The summed E-state index contributed by atoms with van der Waals surface area (Å²) in [6.45, 7) is 6.02. The minimum absolute atomic E-state index is 0.0144. The Hall–Kier alpha value is -2.51. The normalized spacial score (nSPS) is 21.2. The Kier molecular flexibility index (Phi) is 4.29. The molecule has 1 spiro atoms. The highest BCUT2D eigenvalue weighted by Gasteiger charge is 2.57. The third-order valence-corrected chi connectivity index (χ3v) is 6.56. The van der Waals surface area contributed by atoms with E-state index in [0.717, 1.165) is 38.3 Å². The van der Waals surface area contributed by atoms with Crippen LogP contribution in [0.3, 0.4) is 0 Å². The summed E-state index contributed by atoms with van der Waals surface area (Å²) in [6.07, 6.45) is 0. The molecule has 1 amide bonds. The summed E-state index contributed by atoms with van der Waals surface area (Å²) in [7, 11) is 0. The molecule has 0 radical (unpaired) electrons. The molecule has 5 rings (SSSR count). The number of likely N-dealkylation sites (tertiary alicyclic amines) is 2. The zero-order valence-electron chi connectivity index (χ0n) is 15.7. The molecule has 6 nitrogen and oxygen atoms in total. The van der Waals surface area contributed by atoms with Gasteiger partial charge in [-0.3, -0.25) is 9.69 Å². The molecule has 144 valence electrons. The van der Waals surface area contributed by atoms with Gasteiger partial charge in [0, 0.05) is 43.5 Å². The van der Waals surface area contributed by atoms with E-state index < -0.39 is 0 Å². The second-order valence-electron chi connectivity index (χ2n) is 7.92. The predicted molar refractivity (Wildman–Crippen MR) is 106 cm³/mol. The number of rotatable bonds is 4. The van der Waals surface area contributed by atoms with Crippen LogP contribution < -0.4 is 0 Å². The molecule has 2 aliphatic rings. The lowest BCUT2D eigenvalue weighted by Gasteiger charge is -2.50. The molecule has 0 saturated carbocycles. The highest BCUT2D eigenvalue weighted by Crippen LogP contribution is 2.49. The van der Waals surface area contributed by atoms with Gasteiger partial charge in [-0.25, -0.2) is 0 Å². The zero-order chi connectivity index (χ0) is 19.1. The van der Waals surface area contributed by atoms with Crippen LogP contribution in [-0.4, -0.2) is 52.0 Å². The van der Waals surface area contributed by atoms with Gasteiger partial charge >= 0.3 is 0 Å². The first-order chi connectivity index (χ1) is 13.6. The van der Waals surface area contributed by atoms with Gasteiger partial charge in [0.1, 0.15) is 0 Å². The Morgan fingerprint density at radius 1 is 1.25 bits per heavy atom. The predicted octanol–water partition coefficient (Wildman–Crippen LogP) is 3.18. The minimum Gasteiger partial charge on any atom is -0.339 e. The van der Waals surface area contributed by atoms with Gasteiger partial charge in [-0.05, 0) is 23.9 Å². The number of benzene rings is 1. The third-order valence-electron chi connectivity index (χ3n) is 5.88. The molecule has 1 aromatic carbocycles. The van der Waals surface area contributed by atoms with Crippen molar-refractivity contribution in [3.63, 3.8) is 0 Å². The fraction of sp³-hybridized carbons (Fsp3) is 0.381. The van der Waals surface area contributed by atoms with Crippen molar-refractivity contribution in [1.29, 1.82) is 0 Å². The van der Waals surface area contributed by atoms with Gasteiger partial charge in [-0.1, -0.05) is 35.5 Å². The van der Waals surface area contributed by atoms with E-state index in [1.165, 1.54) is 5.56 Å². The number of amides is 1. The maximum absolute atomic E-state index is 12.7. The largest absolute Gasteiger partial charge is 0.339 e. The molecule has 2 aromatic heterocycles. The molecule has 0 N–H and O–H groups in total. The molecule has 7 heteroatoms. The zero-order valence-corrected chi connectivity index (χ0v) is 16.6. The van der Waals surface area contributed by atoms with Gasteiger partial charge in [-0.15, -0.1) is 0 Å². The van der Waals surface area contributed by atoms with Crippen LogP contribution in [0.2, 0.25) is 0 Å². The number of hydrogen-bond acceptors (Lipinski definition) is 6. The fourth-order valence-corrected chi connectivity index (χ4v) is 5.21. The molecular formula is C21H22N4O2S. The lowest BCUT2D eigenvalue weighted by atomic mass is 9.71. The molecule has 0 bridgehead atoms. The molecule has 2 aliphatic heterocycles. The van der Waals surface area contributed by atoms with Crippen LogP contribution in [0.4, 0.5) is 0 Å². The smallest absolute Gasteiger partial charge is 0.254 e. The Morgan fingerprint density at radius 3 is 2.75 bits per heavy atom. The third kappa shape index (κ3) is 3.04. The first kappa shape index (κ1) is 17.6. The van der Waals surface area contributed by atoms with Crippen LogP contribution in [-0.2, 0) is 6.54 Å².